The number of oxazole rings is 1. The van der Waals surface area contributed by atoms with Gasteiger partial charge in [0.2, 0.25) is 0 Å². The highest BCUT2D eigenvalue weighted by molar-refractivity contribution is 5.98. The highest BCUT2D eigenvalue weighted by Crippen LogP contribution is 2.22. The molecule has 1 aliphatic carbocycles. The van der Waals surface area contributed by atoms with Gasteiger partial charge in [-0.15, -0.1) is 0 Å². The first-order chi connectivity index (χ1) is 17.0. The first-order valence-corrected chi connectivity index (χ1v) is 12.0. The third-order valence-electron chi connectivity index (χ3n) is 6.66. The van der Waals surface area contributed by atoms with Crippen molar-refractivity contribution in [3.8, 4) is 0 Å². The van der Waals surface area contributed by atoms with Crippen LogP contribution in [0.1, 0.15) is 65.1 Å². The number of hydrogen-bond donors (Lipinski definition) is 2. The average molecular weight is 477 g/mol. The molecule has 5 rings (SSSR count). The lowest BCUT2D eigenvalue weighted by Crippen LogP contribution is -2.32. The summed E-state index contributed by atoms with van der Waals surface area (Å²) in [5, 5.41) is 10.1. The fourth-order valence-electron chi connectivity index (χ4n) is 4.64. The van der Waals surface area contributed by atoms with E-state index >= 15 is 0 Å². The molecule has 0 bridgehead atoms. The summed E-state index contributed by atoms with van der Waals surface area (Å²) in [7, 11) is 1.63. The average Bonchev–Trinajstić information content (AvgIpc) is 3.34. The van der Waals surface area contributed by atoms with Crippen molar-refractivity contribution in [1.29, 1.82) is 0 Å². The van der Waals surface area contributed by atoms with Gasteiger partial charge in [-0.2, -0.15) is 5.10 Å². The summed E-state index contributed by atoms with van der Waals surface area (Å²) in [4.78, 5) is 42.0. The highest BCUT2D eigenvalue weighted by atomic mass is 16.4. The smallest absolute Gasteiger partial charge is 0.408 e. The van der Waals surface area contributed by atoms with E-state index in [1.54, 1.807) is 37.5 Å². The molecule has 0 unspecified atom stereocenters. The van der Waals surface area contributed by atoms with Gasteiger partial charge in [0.25, 0.3) is 11.8 Å². The number of rotatable bonds is 6. The number of hydrogen-bond acceptors (Lipinski definition) is 6. The maximum Gasteiger partial charge on any atom is 0.419 e. The molecule has 1 saturated carbocycles. The van der Waals surface area contributed by atoms with Crippen LogP contribution in [0.25, 0.3) is 16.7 Å². The summed E-state index contributed by atoms with van der Waals surface area (Å²) in [5.41, 5.74) is 2.76. The van der Waals surface area contributed by atoms with Crippen LogP contribution in [-0.2, 0) is 13.6 Å². The van der Waals surface area contributed by atoms with Crippen LogP contribution >= 0.6 is 0 Å². The molecule has 2 amide bonds. The lowest BCUT2D eigenvalue weighted by atomic mass is 10.0. The topological polar surface area (TPSA) is 124 Å². The standard InChI is InChI=1S/C25H28N6O4/c1-30-19-12-17(8-9-21(19)35-25(30)34)15-26-23(32)18-13-20(31-22(29-18)10-11-28-31)24(33)27-14-16-6-4-2-3-5-7-16/h8-13,16H,2-7,14-15H2,1H3,(H,26,32)(H,27,33). The van der Waals surface area contributed by atoms with Crippen molar-refractivity contribution < 1.29 is 14.0 Å². The minimum Gasteiger partial charge on any atom is -0.408 e. The number of nitrogens with zero attached hydrogens (tertiary/aromatic N) is 4. The molecule has 1 fully saturated rings. The summed E-state index contributed by atoms with van der Waals surface area (Å²) in [6, 6.07) is 8.41. The Morgan fingerprint density at radius 2 is 1.86 bits per heavy atom. The zero-order valence-electron chi connectivity index (χ0n) is 19.6. The van der Waals surface area contributed by atoms with E-state index in [1.165, 1.54) is 40.8 Å². The van der Waals surface area contributed by atoms with Gasteiger partial charge >= 0.3 is 5.76 Å². The van der Waals surface area contributed by atoms with E-state index in [2.05, 4.69) is 20.7 Å². The van der Waals surface area contributed by atoms with Crippen LogP contribution in [0.2, 0.25) is 0 Å². The SMILES string of the molecule is Cn1c(=O)oc2ccc(CNC(=O)c3cc(C(=O)NCC4CCCCCC4)n4nccc4n3)cc21. The third kappa shape index (κ3) is 4.82. The number of amides is 2. The van der Waals surface area contributed by atoms with Gasteiger partial charge in [0, 0.05) is 32.3 Å². The molecule has 10 heteroatoms. The summed E-state index contributed by atoms with van der Waals surface area (Å²) >= 11 is 0. The Hall–Kier alpha value is -3.95. The van der Waals surface area contributed by atoms with Crippen molar-refractivity contribution >= 4 is 28.6 Å². The van der Waals surface area contributed by atoms with E-state index in [-0.39, 0.29) is 23.8 Å². The molecule has 0 spiro atoms. The van der Waals surface area contributed by atoms with Crippen LogP contribution in [0, 0.1) is 5.92 Å². The van der Waals surface area contributed by atoms with Crippen LogP contribution in [0.3, 0.4) is 0 Å². The number of aromatic nitrogens is 4. The minimum absolute atomic E-state index is 0.134. The Morgan fingerprint density at radius 3 is 2.66 bits per heavy atom. The molecular weight excluding hydrogens is 448 g/mol. The number of carbonyl (C=O) groups excluding carboxylic acids is 2. The zero-order valence-corrected chi connectivity index (χ0v) is 19.6. The second-order valence-corrected chi connectivity index (χ2v) is 9.11. The van der Waals surface area contributed by atoms with Crippen molar-refractivity contribution in [2.45, 2.75) is 45.1 Å². The predicted molar refractivity (Wildman–Crippen MR) is 129 cm³/mol. The van der Waals surface area contributed by atoms with Crippen LogP contribution in [0.15, 0.2) is 45.7 Å². The van der Waals surface area contributed by atoms with Gasteiger partial charge < -0.3 is 15.1 Å². The molecule has 3 heterocycles. The molecule has 2 N–H and O–H groups in total. The molecule has 182 valence electrons. The summed E-state index contributed by atoms with van der Waals surface area (Å²) in [6.45, 7) is 0.841. The van der Waals surface area contributed by atoms with E-state index in [4.69, 9.17) is 4.42 Å². The molecular formula is C25H28N6O4. The van der Waals surface area contributed by atoms with Crippen molar-refractivity contribution in [3.05, 3.63) is 64.0 Å². The Bertz CT molecular complexity index is 1440. The van der Waals surface area contributed by atoms with E-state index in [0.717, 1.165) is 18.4 Å². The van der Waals surface area contributed by atoms with Gasteiger partial charge in [-0.05, 0) is 36.5 Å². The Balaban J connectivity index is 1.31. The molecule has 0 atom stereocenters. The monoisotopic (exact) mass is 476 g/mol. The van der Waals surface area contributed by atoms with Gasteiger partial charge in [-0.25, -0.2) is 14.3 Å². The second-order valence-electron chi connectivity index (χ2n) is 9.11. The van der Waals surface area contributed by atoms with Gasteiger partial charge in [0.05, 0.1) is 11.7 Å². The molecule has 3 aromatic heterocycles. The van der Waals surface area contributed by atoms with Crippen LogP contribution < -0.4 is 16.4 Å². The number of benzene rings is 1. The molecule has 4 aromatic rings. The maximum absolute atomic E-state index is 13.0. The summed E-state index contributed by atoms with van der Waals surface area (Å²) in [5.74, 6) is -0.644. The van der Waals surface area contributed by atoms with Crippen LogP contribution in [-0.4, -0.2) is 37.5 Å². The number of carbonyl (C=O) groups is 2. The van der Waals surface area contributed by atoms with Crippen molar-refractivity contribution in [1.82, 2.24) is 29.8 Å². The summed E-state index contributed by atoms with van der Waals surface area (Å²) in [6.07, 6.45) is 8.72. The van der Waals surface area contributed by atoms with Crippen molar-refractivity contribution in [2.75, 3.05) is 6.54 Å². The van der Waals surface area contributed by atoms with Gasteiger partial charge in [-0.1, -0.05) is 31.7 Å². The molecule has 0 radical (unpaired) electrons. The van der Waals surface area contributed by atoms with Crippen LogP contribution in [0.4, 0.5) is 0 Å². The first kappa shape index (κ1) is 22.8. The fraction of sp³-hybridized carbons (Fsp3) is 0.400. The largest absolute Gasteiger partial charge is 0.419 e. The van der Waals surface area contributed by atoms with Gasteiger partial charge in [-0.3, -0.25) is 14.2 Å². The maximum atomic E-state index is 13.0. The molecule has 35 heavy (non-hydrogen) atoms. The fourth-order valence-corrected chi connectivity index (χ4v) is 4.64. The van der Waals surface area contributed by atoms with E-state index < -0.39 is 11.7 Å². The minimum atomic E-state index is -0.440. The van der Waals surface area contributed by atoms with Crippen LogP contribution in [0.5, 0.6) is 0 Å². The third-order valence-corrected chi connectivity index (χ3v) is 6.66. The molecule has 1 aromatic carbocycles. The Labute approximate surface area is 201 Å². The molecule has 1 aliphatic rings. The molecule has 0 saturated heterocycles. The number of fused-ring (bicyclic) bond motifs is 2. The normalized spacial score (nSPS) is 14.8. The summed E-state index contributed by atoms with van der Waals surface area (Å²) < 4.78 is 8.01. The Kier molecular flexibility index (Phi) is 6.35. The first-order valence-electron chi connectivity index (χ1n) is 12.0. The number of aryl methyl sites for hydroxylation is 1. The number of nitrogens with one attached hydrogen (secondary N) is 2. The quantitative estimate of drug-likeness (QED) is 0.413. The molecule has 10 nitrogen and oxygen atoms in total. The molecule has 0 aliphatic heterocycles. The lowest BCUT2D eigenvalue weighted by molar-refractivity contribution is 0.0938. The highest BCUT2D eigenvalue weighted by Gasteiger charge is 2.19. The van der Waals surface area contributed by atoms with Crippen molar-refractivity contribution in [2.24, 2.45) is 13.0 Å². The van der Waals surface area contributed by atoms with Crippen molar-refractivity contribution in [3.63, 3.8) is 0 Å². The van der Waals surface area contributed by atoms with E-state index in [1.807, 2.05) is 0 Å². The Morgan fingerprint density at radius 1 is 1.06 bits per heavy atom. The predicted octanol–water partition coefficient (Wildman–Crippen LogP) is 2.80. The van der Waals surface area contributed by atoms with Gasteiger partial charge in [0.15, 0.2) is 11.2 Å². The van der Waals surface area contributed by atoms with E-state index in [0.29, 0.717) is 29.2 Å². The lowest BCUT2D eigenvalue weighted by Gasteiger charge is -2.15. The van der Waals surface area contributed by atoms with E-state index in [9.17, 15) is 14.4 Å². The second kappa shape index (κ2) is 9.73. The van der Waals surface area contributed by atoms with Gasteiger partial charge in [0.1, 0.15) is 11.4 Å². The zero-order chi connectivity index (χ0) is 24.4.